The van der Waals surface area contributed by atoms with Gasteiger partial charge in [0.1, 0.15) is 18.2 Å². The first kappa shape index (κ1) is 14.7. The van der Waals surface area contributed by atoms with E-state index in [1.807, 2.05) is 22.9 Å². The molecule has 7 heteroatoms. The fraction of sp³-hybridized carbons (Fsp3) is 0.400. The maximum absolute atomic E-state index is 12.2. The number of hydrogen-bond acceptors (Lipinski definition) is 5. The molecule has 0 aliphatic carbocycles. The predicted molar refractivity (Wildman–Crippen MR) is 80.2 cm³/mol. The second-order valence-corrected chi connectivity index (χ2v) is 5.23. The van der Waals surface area contributed by atoms with Crippen molar-refractivity contribution in [2.75, 3.05) is 6.54 Å². The van der Waals surface area contributed by atoms with Gasteiger partial charge in [0.15, 0.2) is 0 Å². The highest BCUT2D eigenvalue weighted by atomic mass is 16.5. The summed E-state index contributed by atoms with van der Waals surface area (Å²) in [5.74, 6) is 0.656. The van der Waals surface area contributed by atoms with Crippen LogP contribution in [-0.2, 0) is 16.1 Å². The van der Waals surface area contributed by atoms with Gasteiger partial charge in [0.25, 0.3) is 0 Å². The Balaban J connectivity index is 1.64. The first-order chi connectivity index (χ1) is 10.8. The molecule has 2 aromatic rings. The highest BCUT2D eigenvalue weighted by molar-refractivity contribution is 5.81. The fourth-order valence-electron chi connectivity index (χ4n) is 2.55. The summed E-state index contributed by atoms with van der Waals surface area (Å²) in [6.07, 6.45) is 8.05. The van der Waals surface area contributed by atoms with E-state index < -0.39 is 6.10 Å². The van der Waals surface area contributed by atoms with E-state index >= 15 is 0 Å². The second-order valence-electron chi connectivity index (χ2n) is 5.23. The normalized spacial score (nSPS) is 21.0. The number of nitrogens with one attached hydrogen (secondary N) is 1. The molecule has 2 aromatic heterocycles. The summed E-state index contributed by atoms with van der Waals surface area (Å²) in [7, 11) is 0. The molecule has 1 saturated heterocycles. The molecular weight excluding hydrogens is 282 g/mol. The minimum Gasteiger partial charge on any atom is -0.364 e. The Hall–Kier alpha value is -2.25. The van der Waals surface area contributed by atoms with Crippen molar-refractivity contribution in [1.82, 2.24) is 19.9 Å². The largest absolute Gasteiger partial charge is 0.364 e. The van der Waals surface area contributed by atoms with E-state index in [1.54, 1.807) is 18.7 Å². The minimum atomic E-state index is -0.401. The van der Waals surface area contributed by atoms with E-state index in [0.29, 0.717) is 13.1 Å². The molecule has 0 radical (unpaired) electrons. The number of ether oxygens (including phenoxy) is 1. The zero-order valence-corrected chi connectivity index (χ0v) is 12.2. The number of imidazole rings is 1. The maximum Gasteiger partial charge on any atom is 0.249 e. The summed E-state index contributed by atoms with van der Waals surface area (Å²) < 4.78 is 7.41. The average molecular weight is 301 g/mol. The third-order valence-corrected chi connectivity index (χ3v) is 3.73. The van der Waals surface area contributed by atoms with Crippen molar-refractivity contribution in [2.45, 2.75) is 31.6 Å². The van der Waals surface area contributed by atoms with Crippen LogP contribution in [0, 0.1) is 0 Å². The van der Waals surface area contributed by atoms with Gasteiger partial charge >= 0.3 is 0 Å². The maximum atomic E-state index is 12.2. The topological polar surface area (TPSA) is 95.1 Å². The third kappa shape index (κ3) is 3.15. The second kappa shape index (κ2) is 6.67. The lowest BCUT2D eigenvalue weighted by molar-refractivity contribution is -0.132. The Labute approximate surface area is 128 Å². The Morgan fingerprint density at radius 3 is 3.09 bits per heavy atom. The highest BCUT2D eigenvalue weighted by Gasteiger charge is 2.29. The molecule has 3 rings (SSSR count). The lowest BCUT2D eigenvalue weighted by Gasteiger charge is -2.14. The van der Waals surface area contributed by atoms with Crippen molar-refractivity contribution in [1.29, 1.82) is 0 Å². The first-order valence-corrected chi connectivity index (χ1v) is 7.33. The number of nitrogens with zero attached hydrogens (tertiary/aromatic N) is 3. The molecule has 1 amide bonds. The van der Waals surface area contributed by atoms with Crippen molar-refractivity contribution < 1.29 is 9.53 Å². The van der Waals surface area contributed by atoms with Crippen LogP contribution >= 0.6 is 0 Å². The molecule has 1 aliphatic rings. The van der Waals surface area contributed by atoms with Gasteiger partial charge < -0.3 is 15.8 Å². The van der Waals surface area contributed by atoms with Crippen molar-refractivity contribution in [3.63, 3.8) is 0 Å². The number of amides is 1. The third-order valence-electron chi connectivity index (χ3n) is 3.73. The van der Waals surface area contributed by atoms with E-state index in [4.69, 9.17) is 10.5 Å². The summed E-state index contributed by atoms with van der Waals surface area (Å²) in [5, 5.41) is 2.91. The molecule has 0 unspecified atom stereocenters. The van der Waals surface area contributed by atoms with Crippen LogP contribution in [0.25, 0.3) is 5.82 Å². The Bertz CT molecular complexity index is 629. The minimum absolute atomic E-state index is 0.00403. The van der Waals surface area contributed by atoms with Crippen LogP contribution in [0.15, 0.2) is 37.1 Å². The van der Waals surface area contributed by atoms with Crippen molar-refractivity contribution in [2.24, 2.45) is 5.73 Å². The van der Waals surface area contributed by atoms with Crippen molar-refractivity contribution in [3.05, 3.63) is 42.6 Å². The van der Waals surface area contributed by atoms with Gasteiger partial charge in [-0.25, -0.2) is 9.97 Å². The summed E-state index contributed by atoms with van der Waals surface area (Å²) in [6.45, 7) is 0.852. The van der Waals surface area contributed by atoms with Gasteiger partial charge in [-0.15, -0.1) is 0 Å². The molecule has 3 N–H and O–H groups in total. The lowest BCUT2D eigenvalue weighted by atomic mass is 10.2. The monoisotopic (exact) mass is 301 g/mol. The van der Waals surface area contributed by atoms with E-state index in [9.17, 15) is 4.79 Å². The van der Waals surface area contributed by atoms with Gasteiger partial charge in [-0.3, -0.25) is 9.36 Å². The molecule has 0 spiro atoms. The van der Waals surface area contributed by atoms with Gasteiger partial charge in [0, 0.05) is 37.2 Å². The molecule has 22 heavy (non-hydrogen) atoms. The van der Waals surface area contributed by atoms with Crippen LogP contribution in [0.3, 0.4) is 0 Å². The van der Waals surface area contributed by atoms with Crippen molar-refractivity contribution >= 4 is 5.91 Å². The summed E-state index contributed by atoms with van der Waals surface area (Å²) in [5.41, 5.74) is 6.48. The lowest BCUT2D eigenvalue weighted by Crippen LogP contribution is -2.35. The van der Waals surface area contributed by atoms with E-state index in [2.05, 4.69) is 15.3 Å². The number of pyridine rings is 1. The zero-order valence-electron chi connectivity index (χ0n) is 12.2. The molecule has 1 fully saturated rings. The molecule has 1 aliphatic heterocycles. The molecule has 0 aromatic carbocycles. The van der Waals surface area contributed by atoms with Gasteiger partial charge in [0.05, 0.1) is 6.10 Å². The number of carbonyl (C=O) groups is 1. The van der Waals surface area contributed by atoms with E-state index in [0.717, 1.165) is 24.2 Å². The van der Waals surface area contributed by atoms with E-state index in [1.165, 1.54) is 0 Å². The van der Waals surface area contributed by atoms with Gasteiger partial charge in [-0.05, 0) is 18.9 Å². The number of carbonyl (C=O) groups excluding carboxylic acids is 1. The Morgan fingerprint density at radius 2 is 2.36 bits per heavy atom. The molecule has 0 saturated carbocycles. The Kier molecular flexibility index (Phi) is 4.45. The predicted octanol–water partition coefficient (Wildman–Crippen LogP) is 0.390. The smallest absolute Gasteiger partial charge is 0.249 e. The standard InChI is InChI=1S/C15H19N5O2/c16-8-12-3-4-13(22-12)15(21)19-9-11-2-1-5-18-14(11)20-7-6-17-10-20/h1-2,5-7,10,12-13H,3-4,8-9,16H2,(H,19,21)/t12-,13+/m1/s1. The SMILES string of the molecule is NC[C@H]1CC[C@@H](C(=O)NCc2cccnc2-n2ccnc2)O1. The number of nitrogens with two attached hydrogens (primary N) is 1. The number of rotatable bonds is 5. The van der Waals surface area contributed by atoms with Crippen LogP contribution in [0.4, 0.5) is 0 Å². The van der Waals surface area contributed by atoms with Crippen LogP contribution in [0.2, 0.25) is 0 Å². The molecule has 0 bridgehead atoms. The van der Waals surface area contributed by atoms with Crippen LogP contribution in [0.1, 0.15) is 18.4 Å². The summed E-state index contributed by atoms with van der Waals surface area (Å²) in [4.78, 5) is 20.5. The molecule has 3 heterocycles. The quantitative estimate of drug-likeness (QED) is 0.833. The Morgan fingerprint density at radius 1 is 1.45 bits per heavy atom. The fourth-order valence-corrected chi connectivity index (χ4v) is 2.55. The first-order valence-electron chi connectivity index (χ1n) is 7.33. The van der Waals surface area contributed by atoms with Gasteiger partial charge in [0.2, 0.25) is 5.91 Å². The highest BCUT2D eigenvalue weighted by Crippen LogP contribution is 2.19. The van der Waals surface area contributed by atoms with Crippen LogP contribution in [-0.4, -0.2) is 39.2 Å². The van der Waals surface area contributed by atoms with Gasteiger partial charge in [-0.1, -0.05) is 6.07 Å². The molecule has 7 nitrogen and oxygen atoms in total. The van der Waals surface area contributed by atoms with Crippen molar-refractivity contribution in [3.8, 4) is 5.82 Å². The molecule has 2 atom stereocenters. The number of aromatic nitrogens is 3. The van der Waals surface area contributed by atoms with Crippen LogP contribution < -0.4 is 11.1 Å². The summed E-state index contributed by atoms with van der Waals surface area (Å²) >= 11 is 0. The number of hydrogen-bond donors (Lipinski definition) is 2. The molecule has 116 valence electrons. The summed E-state index contributed by atoms with van der Waals surface area (Å²) in [6, 6.07) is 3.78. The van der Waals surface area contributed by atoms with Crippen LogP contribution in [0.5, 0.6) is 0 Å². The van der Waals surface area contributed by atoms with Gasteiger partial charge in [-0.2, -0.15) is 0 Å². The average Bonchev–Trinajstić information content (AvgIpc) is 3.24. The van der Waals surface area contributed by atoms with E-state index in [-0.39, 0.29) is 12.0 Å². The molecular formula is C15H19N5O2. The zero-order chi connectivity index (χ0) is 15.4.